The van der Waals surface area contributed by atoms with Crippen LogP contribution in [0.1, 0.15) is 6.42 Å². The average molecular weight is 227 g/mol. The smallest absolute Gasteiger partial charge is 0.270 e. The van der Waals surface area contributed by atoms with E-state index < -0.39 is 0 Å². The summed E-state index contributed by atoms with van der Waals surface area (Å²) in [6.07, 6.45) is 0.967. The fraction of sp³-hybridized carbons (Fsp3) is 0.750. The molecule has 1 saturated heterocycles. The van der Waals surface area contributed by atoms with Crippen molar-refractivity contribution < 1.29 is 9.63 Å². The SMILES string of the molecule is O=C(I)N1CCCO1. The van der Waals surface area contributed by atoms with Gasteiger partial charge in [-0.05, 0) is 6.42 Å². The van der Waals surface area contributed by atoms with Crippen LogP contribution < -0.4 is 0 Å². The van der Waals surface area contributed by atoms with E-state index in [1.807, 2.05) is 0 Å². The van der Waals surface area contributed by atoms with Gasteiger partial charge in [0.25, 0.3) is 0 Å². The number of halogens is 1. The number of nitrogens with zero attached hydrogens (tertiary/aromatic N) is 1. The number of amides is 1. The Bertz CT molecular complexity index is 100. The molecule has 1 heterocycles. The van der Waals surface area contributed by atoms with Crippen molar-refractivity contribution in [2.45, 2.75) is 6.42 Å². The third-order valence-corrected chi connectivity index (χ3v) is 1.49. The van der Waals surface area contributed by atoms with Crippen LogP contribution in [0.25, 0.3) is 0 Å². The zero-order valence-corrected chi connectivity index (χ0v) is 6.42. The maximum Gasteiger partial charge on any atom is 0.306 e. The Morgan fingerprint density at radius 3 is 2.75 bits per heavy atom. The number of rotatable bonds is 0. The van der Waals surface area contributed by atoms with Gasteiger partial charge in [0, 0.05) is 22.6 Å². The van der Waals surface area contributed by atoms with Crippen LogP contribution in [0.4, 0.5) is 4.79 Å². The Hall–Kier alpha value is 0.160. The van der Waals surface area contributed by atoms with Crippen LogP contribution in [0.2, 0.25) is 0 Å². The highest BCUT2D eigenvalue weighted by molar-refractivity contribution is 14.1. The molecule has 0 radical (unpaired) electrons. The van der Waals surface area contributed by atoms with Crippen LogP contribution in [0.3, 0.4) is 0 Å². The van der Waals surface area contributed by atoms with Gasteiger partial charge in [-0.2, -0.15) is 0 Å². The van der Waals surface area contributed by atoms with E-state index in [0.29, 0.717) is 6.61 Å². The first-order valence-electron chi connectivity index (χ1n) is 2.40. The molecule has 1 aliphatic heterocycles. The molecule has 0 unspecified atom stereocenters. The van der Waals surface area contributed by atoms with Gasteiger partial charge in [-0.25, -0.2) is 5.06 Å². The summed E-state index contributed by atoms with van der Waals surface area (Å²) in [6, 6.07) is 0. The molecule has 1 fully saturated rings. The third kappa shape index (κ3) is 1.32. The first-order valence-corrected chi connectivity index (χ1v) is 3.48. The number of hydrogen-bond donors (Lipinski definition) is 0. The third-order valence-electron chi connectivity index (χ3n) is 0.949. The van der Waals surface area contributed by atoms with Crippen molar-refractivity contribution in [1.82, 2.24) is 5.06 Å². The highest BCUT2D eigenvalue weighted by Gasteiger charge is 2.15. The number of hydrogen-bond acceptors (Lipinski definition) is 2. The van der Waals surface area contributed by atoms with E-state index in [9.17, 15) is 4.79 Å². The lowest BCUT2D eigenvalue weighted by Gasteiger charge is -2.07. The van der Waals surface area contributed by atoms with Crippen LogP contribution in [0.15, 0.2) is 0 Å². The van der Waals surface area contributed by atoms with E-state index in [-0.39, 0.29) is 3.91 Å². The van der Waals surface area contributed by atoms with Gasteiger partial charge >= 0.3 is 3.91 Å². The lowest BCUT2D eigenvalue weighted by Crippen LogP contribution is -2.19. The molecule has 8 heavy (non-hydrogen) atoms. The van der Waals surface area contributed by atoms with E-state index in [1.165, 1.54) is 5.06 Å². The fourth-order valence-electron chi connectivity index (χ4n) is 0.586. The summed E-state index contributed by atoms with van der Waals surface area (Å²) in [6.45, 7) is 1.44. The molecule has 0 bridgehead atoms. The highest BCUT2D eigenvalue weighted by atomic mass is 127. The van der Waals surface area contributed by atoms with Crippen LogP contribution in [-0.2, 0) is 4.84 Å². The zero-order valence-electron chi connectivity index (χ0n) is 4.26. The second-order valence-electron chi connectivity index (χ2n) is 1.54. The Morgan fingerprint density at radius 2 is 2.50 bits per heavy atom. The summed E-state index contributed by atoms with van der Waals surface area (Å²) in [4.78, 5) is 15.3. The molecule has 1 aliphatic rings. The molecule has 0 aromatic carbocycles. The molecule has 0 aromatic heterocycles. The average Bonchev–Trinajstić information content (AvgIpc) is 2.12. The largest absolute Gasteiger partial charge is 0.306 e. The summed E-state index contributed by atoms with van der Waals surface area (Å²) in [7, 11) is 0. The van der Waals surface area contributed by atoms with Gasteiger partial charge in [-0.3, -0.25) is 9.63 Å². The molecular formula is C4H6INO2. The van der Waals surface area contributed by atoms with Crippen molar-refractivity contribution >= 4 is 26.5 Å². The Balaban J connectivity index is 2.35. The van der Waals surface area contributed by atoms with Crippen molar-refractivity contribution in [3.8, 4) is 0 Å². The Labute approximate surface area is 61.1 Å². The predicted octanol–water partition coefficient (Wildman–Crippen LogP) is 1.18. The molecule has 0 aliphatic carbocycles. The zero-order chi connectivity index (χ0) is 5.98. The first kappa shape index (κ1) is 6.28. The van der Waals surface area contributed by atoms with Crippen molar-refractivity contribution in [2.75, 3.05) is 13.2 Å². The van der Waals surface area contributed by atoms with Crippen molar-refractivity contribution in [3.05, 3.63) is 0 Å². The molecule has 3 nitrogen and oxygen atoms in total. The van der Waals surface area contributed by atoms with E-state index in [0.717, 1.165) is 13.0 Å². The number of carbonyl (C=O) groups is 1. The van der Waals surface area contributed by atoms with E-state index in [2.05, 4.69) is 0 Å². The predicted molar refractivity (Wildman–Crippen MR) is 36.7 cm³/mol. The van der Waals surface area contributed by atoms with Crippen LogP contribution in [0, 0.1) is 0 Å². The topological polar surface area (TPSA) is 29.5 Å². The maximum absolute atomic E-state index is 10.4. The standard InChI is InChI=1S/C4H6INO2/c5-4(7)6-2-1-3-8-6/h1-3H2. The second kappa shape index (κ2) is 2.63. The van der Waals surface area contributed by atoms with E-state index >= 15 is 0 Å². The molecule has 0 spiro atoms. The van der Waals surface area contributed by atoms with E-state index in [1.54, 1.807) is 22.6 Å². The lowest BCUT2D eigenvalue weighted by molar-refractivity contribution is -0.0551. The molecule has 0 aromatic rings. The molecule has 4 heteroatoms. The molecule has 1 amide bonds. The van der Waals surface area contributed by atoms with Gasteiger partial charge in [0.15, 0.2) is 0 Å². The lowest BCUT2D eigenvalue weighted by atomic mass is 10.5. The Morgan fingerprint density at radius 1 is 1.75 bits per heavy atom. The molecule has 0 atom stereocenters. The van der Waals surface area contributed by atoms with Gasteiger partial charge in [-0.1, -0.05) is 0 Å². The quantitative estimate of drug-likeness (QED) is 0.353. The highest BCUT2D eigenvalue weighted by Crippen LogP contribution is 2.08. The normalized spacial score (nSPS) is 19.4. The van der Waals surface area contributed by atoms with E-state index in [4.69, 9.17) is 4.84 Å². The molecule has 0 N–H and O–H groups in total. The molecule has 1 rings (SSSR count). The van der Waals surface area contributed by atoms with Crippen molar-refractivity contribution in [1.29, 1.82) is 0 Å². The molecule has 46 valence electrons. The van der Waals surface area contributed by atoms with Crippen LogP contribution in [0.5, 0.6) is 0 Å². The summed E-state index contributed by atoms with van der Waals surface area (Å²) < 4.78 is -0.0277. The van der Waals surface area contributed by atoms with Gasteiger partial charge in [0.2, 0.25) is 0 Å². The van der Waals surface area contributed by atoms with Gasteiger partial charge in [-0.15, -0.1) is 0 Å². The maximum atomic E-state index is 10.4. The summed E-state index contributed by atoms with van der Waals surface area (Å²) in [5.41, 5.74) is 0. The van der Waals surface area contributed by atoms with Crippen LogP contribution >= 0.6 is 22.6 Å². The van der Waals surface area contributed by atoms with Gasteiger partial charge in [0.1, 0.15) is 0 Å². The summed E-state index contributed by atoms with van der Waals surface area (Å²) >= 11 is 1.71. The number of hydroxylamine groups is 2. The number of carbonyl (C=O) groups excluding carboxylic acids is 1. The minimum absolute atomic E-state index is 0.0277. The monoisotopic (exact) mass is 227 g/mol. The summed E-state index contributed by atoms with van der Waals surface area (Å²) in [5.74, 6) is 0. The van der Waals surface area contributed by atoms with Crippen LogP contribution in [-0.4, -0.2) is 22.1 Å². The minimum atomic E-state index is -0.0277. The molecule has 0 saturated carbocycles. The second-order valence-corrected chi connectivity index (χ2v) is 2.46. The Kier molecular flexibility index (Phi) is 2.07. The first-order chi connectivity index (χ1) is 3.80. The fourth-order valence-corrected chi connectivity index (χ4v) is 0.967. The van der Waals surface area contributed by atoms with Gasteiger partial charge in [0.05, 0.1) is 13.2 Å². The molecular weight excluding hydrogens is 221 g/mol. The van der Waals surface area contributed by atoms with Gasteiger partial charge < -0.3 is 0 Å². The summed E-state index contributed by atoms with van der Waals surface area (Å²) in [5, 5.41) is 1.38. The minimum Gasteiger partial charge on any atom is -0.270 e. The van der Waals surface area contributed by atoms with Crippen molar-refractivity contribution in [2.24, 2.45) is 0 Å². The van der Waals surface area contributed by atoms with Crippen molar-refractivity contribution in [3.63, 3.8) is 0 Å².